The van der Waals surface area contributed by atoms with E-state index in [0.29, 0.717) is 0 Å². The van der Waals surface area contributed by atoms with Crippen molar-refractivity contribution in [2.24, 2.45) is 0 Å². The Labute approximate surface area is 171 Å². The van der Waals surface area contributed by atoms with Crippen molar-refractivity contribution in [3.63, 3.8) is 0 Å². The maximum Gasteiger partial charge on any atom is 0.123 e. The smallest absolute Gasteiger partial charge is 0.123 e. The molecule has 2 heterocycles. The van der Waals surface area contributed by atoms with E-state index in [1.54, 1.807) is 12.1 Å². The van der Waals surface area contributed by atoms with Crippen molar-refractivity contribution in [2.75, 3.05) is 0 Å². The Morgan fingerprint density at radius 3 is 1.90 bits per heavy atom. The summed E-state index contributed by atoms with van der Waals surface area (Å²) in [5.74, 6) is -0.246. The zero-order chi connectivity index (χ0) is 20.1. The van der Waals surface area contributed by atoms with Crippen LogP contribution in [0.4, 0.5) is 4.39 Å². The van der Waals surface area contributed by atoms with E-state index in [1.165, 1.54) is 6.07 Å². The number of nitrogens with one attached hydrogen (secondary N) is 1. The van der Waals surface area contributed by atoms with Crippen LogP contribution in [-0.2, 0) is 0 Å². The van der Waals surface area contributed by atoms with Gasteiger partial charge in [0.1, 0.15) is 5.82 Å². The SMILES string of the molecule is Fc1ccc2[nH]c3ccc(-c4nc5ccccc5nc4-c4ccccc4)cc3c2c1. The highest BCUT2D eigenvalue weighted by Crippen LogP contribution is 2.34. The van der Waals surface area contributed by atoms with Crippen LogP contribution >= 0.6 is 0 Å². The van der Waals surface area contributed by atoms with Gasteiger partial charge in [-0.2, -0.15) is 0 Å². The molecule has 2 aromatic heterocycles. The summed E-state index contributed by atoms with van der Waals surface area (Å²) >= 11 is 0. The first-order chi connectivity index (χ1) is 14.8. The predicted molar refractivity (Wildman–Crippen MR) is 120 cm³/mol. The molecule has 6 aromatic rings. The third-order valence-corrected chi connectivity index (χ3v) is 5.45. The second-order valence-electron chi connectivity index (χ2n) is 7.35. The molecule has 6 rings (SSSR count). The summed E-state index contributed by atoms with van der Waals surface area (Å²) in [6.45, 7) is 0. The van der Waals surface area contributed by atoms with Crippen LogP contribution in [0.1, 0.15) is 0 Å². The standard InChI is InChI=1S/C26H16FN3/c27-18-11-13-22-20(15-18)19-14-17(10-12-21(19)28-22)26-25(16-6-2-1-3-7-16)29-23-8-4-5-9-24(23)30-26/h1-15,28H. The number of halogens is 1. The molecule has 0 aliphatic carbocycles. The molecule has 0 saturated carbocycles. The van der Waals surface area contributed by atoms with E-state index in [9.17, 15) is 4.39 Å². The van der Waals surface area contributed by atoms with Gasteiger partial charge in [0.2, 0.25) is 0 Å². The van der Waals surface area contributed by atoms with Crippen molar-refractivity contribution < 1.29 is 4.39 Å². The van der Waals surface area contributed by atoms with Gasteiger partial charge in [0, 0.05) is 32.9 Å². The lowest BCUT2D eigenvalue weighted by Crippen LogP contribution is -1.95. The molecular formula is C26H16FN3. The van der Waals surface area contributed by atoms with Crippen molar-refractivity contribution in [1.82, 2.24) is 15.0 Å². The molecule has 0 unspecified atom stereocenters. The fraction of sp³-hybridized carbons (Fsp3) is 0. The lowest BCUT2D eigenvalue weighted by atomic mass is 10.0. The Kier molecular flexibility index (Phi) is 3.65. The van der Waals surface area contributed by atoms with Crippen LogP contribution in [0.25, 0.3) is 55.4 Å². The number of nitrogens with zero attached hydrogens (tertiary/aromatic N) is 2. The molecule has 0 spiro atoms. The van der Waals surface area contributed by atoms with Gasteiger partial charge in [-0.15, -0.1) is 0 Å². The second kappa shape index (κ2) is 6.49. The number of hydrogen-bond acceptors (Lipinski definition) is 2. The van der Waals surface area contributed by atoms with Crippen LogP contribution in [0.3, 0.4) is 0 Å². The zero-order valence-electron chi connectivity index (χ0n) is 15.9. The quantitative estimate of drug-likeness (QED) is 0.356. The zero-order valence-corrected chi connectivity index (χ0v) is 15.9. The van der Waals surface area contributed by atoms with Gasteiger partial charge in [-0.25, -0.2) is 14.4 Å². The number of benzene rings is 4. The minimum atomic E-state index is -0.246. The van der Waals surface area contributed by atoms with Crippen molar-refractivity contribution in [1.29, 1.82) is 0 Å². The topological polar surface area (TPSA) is 41.6 Å². The first-order valence-corrected chi connectivity index (χ1v) is 9.80. The van der Waals surface area contributed by atoms with Crippen LogP contribution in [-0.4, -0.2) is 15.0 Å². The average molecular weight is 389 g/mol. The Hall–Kier alpha value is -4.05. The van der Waals surface area contributed by atoms with Crippen LogP contribution in [0.5, 0.6) is 0 Å². The van der Waals surface area contributed by atoms with Gasteiger partial charge in [-0.1, -0.05) is 48.5 Å². The molecule has 0 atom stereocenters. The number of hydrogen-bond donors (Lipinski definition) is 1. The molecular weight excluding hydrogens is 373 g/mol. The number of rotatable bonds is 2. The first-order valence-electron chi connectivity index (χ1n) is 9.80. The number of fused-ring (bicyclic) bond motifs is 4. The molecule has 3 nitrogen and oxygen atoms in total. The highest BCUT2D eigenvalue weighted by atomic mass is 19.1. The summed E-state index contributed by atoms with van der Waals surface area (Å²) in [6, 6.07) is 28.9. The Balaban J connectivity index is 1.66. The molecule has 0 saturated heterocycles. The van der Waals surface area contributed by atoms with Crippen molar-refractivity contribution in [3.8, 4) is 22.5 Å². The second-order valence-corrected chi connectivity index (χ2v) is 7.35. The van der Waals surface area contributed by atoms with Gasteiger partial charge in [-0.3, -0.25) is 0 Å². The van der Waals surface area contributed by atoms with Crippen LogP contribution < -0.4 is 0 Å². The minimum Gasteiger partial charge on any atom is -0.355 e. The largest absolute Gasteiger partial charge is 0.355 e. The van der Waals surface area contributed by atoms with Crippen molar-refractivity contribution in [3.05, 3.63) is 96.8 Å². The van der Waals surface area contributed by atoms with E-state index in [0.717, 1.165) is 55.4 Å². The number of aromatic nitrogens is 3. The summed E-state index contributed by atoms with van der Waals surface area (Å²) in [5.41, 5.74) is 7.19. The van der Waals surface area contributed by atoms with E-state index < -0.39 is 0 Å². The maximum atomic E-state index is 13.9. The highest BCUT2D eigenvalue weighted by molar-refractivity contribution is 6.08. The summed E-state index contributed by atoms with van der Waals surface area (Å²) in [7, 11) is 0. The van der Waals surface area contributed by atoms with Crippen LogP contribution in [0, 0.1) is 5.82 Å². The molecule has 0 amide bonds. The molecule has 0 aliphatic heterocycles. The van der Waals surface area contributed by atoms with Crippen molar-refractivity contribution in [2.45, 2.75) is 0 Å². The normalized spacial score (nSPS) is 11.5. The summed E-state index contributed by atoms with van der Waals surface area (Å²) in [4.78, 5) is 13.3. The van der Waals surface area contributed by atoms with Crippen LogP contribution in [0.15, 0.2) is 91.0 Å². The number of aromatic amines is 1. The molecule has 1 N–H and O–H groups in total. The lowest BCUT2D eigenvalue weighted by molar-refractivity contribution is 0.630. The monoisotopic (exact) mass is 389 g/mol. The lowest BCUT2D eigenvalue weighted by Gasteiger charge is -2.11. The molecule has 142 valence electrons. The fourth-order valence-electron chi connectivity index (χ4n) is 4.02. The van der Waals surface area contributed by atoms with E-state index in [4.69, 9.17) is 9.97 Å². The fourth-order valence-corrected chi connectivity index (χ4v) is 4.02. The van der Waals surface area contributed by atoms with Crippen LogP contribution in [0.2, 0.25) is 0 Å². The summed E-state index contributed by atoms with van der Waals surface area (Å²) < 4.78 is 13.9. The summed E-state index contributed by atoms with van der Waals surface area (Å²) in [5, 5.41) is 1.83. The number of H-pyrrole nitrogens is 1. The van der Waals surface area contributed by atoms with E-state index >= 15 is 0 Å². The third-order valence-electron chi connectivity index (χ3n) is 5.45. The molecule has 0 aliphatic rings. The Bertz CT molecular complexity index is 1550. The van der Waals surface area contributed by atoms with Gasteiger partial charge in [0.15, 0.2) is 0 Å². The molecule has 4 heteroatoms. The third kappa shape index (κ3) is 2.65. The minimum absolute atomic E-state index is 0.246. The van der Waals surface area contributed by atoms with Gasteiger partial charge >= 0.3 is 0 Å². The van der Waals surface area contributed by atoms with E-state index in [-0.39, 0.29) is 5.82 Å². The van der Waals surface area contributed by atoms with Crippen molar-refractivity contribution >= 4 is 32.8 Å². The average Bonchev–Trinajstić information content (AvgIpc) is 3.16. The van der Waals surface area contributed by atoms with E-state index in [1.807, 2.05) is 66.7 Å². The predicted octanol–water partition coefficient (Wildman–Crippen LogP) is 6.74. The van der Waals surface area contributed by atoms with Gasteiger partial charge in [0.25, 0.3) is 0 Å². The molecule has 0 radical (unpaired) electrons. The van der Waals surface area contributed by atoms with Gasteiger partial charge in [-0.05, 0) is 42.5 Å². The summed E-state index contributed by atoms with van der Waals surface area (Å²) in [6.07, 6.45) is 0. The molecule has 0 fully saturated rings. The van der Waals surface area contributed by atoms with E-state index in [2.05, 4.69) is 11.1 Å². The Morgan fingerprint density at radius 2 is 1.17 bits per heavy atom. The molecule has 30 heavy (non-hydrogen) atoms. The highest BCUT2D eigenvalue weighted by Gasteiger charge is 2.15. The first kappa shape index (κ1) is 16.9. The van der Waals surface area contributed by atoms with Gasteiger partial charge in [0.05, 0.1) is 22.4 Å². The Morgan fingerprint density at radius 1 is 0.567 bits per heavy atom. The number of para-hydroxylation sites is 2. The molecule has 4 aromatic carbocycles. The van der Waals surface area contributed by atoms with Gasteiger partial charge < -0.3 is 4.98 Å². The maximum absolute atomic E-state index is 13.9. The molecule has 0 bridgehead atoms.